The smallest absolute Gasteiger partial charge is 0.365 e. The number of hydrogen-bond acceptors (Lipinski definition) is 11. The van der Waals surface area contributed by atoms with Crippen molar-refractivity contribution in [3.8, 4) is 0 Å². The van der Waals surface area contributed by atoms with Crippen molar-refractivity contribution >= 4 is 23.7 Å². The molecule has 1 aliphatic heterocycles. The SMILES string of the molecule is COC(=O)[C@@H]1C=C(OC(=O)c2cocn2)C(=O)[C@@H]2[C@@]3(C)C[C@@H](c4ccoc4)OC(=O)[C@@H]3CC[C@]21N. The van der Waals surface area contributed by atoms with Crippen molar-refractivity contribution in [2.45, 2.75) is 37.8 Å². The Morgan fingerprint density at radius 1 is 1.23 bits per heavy atom. The average Bonchev–Trinajstić information content (AvgIpc) is 3.54. The van der Waals surface area contributed by atoms with Crippen molar-refractivity contribution in [1.82, 2.24) is 4.98 Å². The third-order valence-corrected chi connectivity index (χ3v) is 7.64. The van der Waals surface area contributed by atoms with E-state index >= 15 is 0 Å². The van der Waals surface area contributed by atoms with Crippen LogP contribution >= 0.6 is 0 Å². The molecule has 3 heterocycles. The lowest BCUT2D eigenvalue weighted by Crippen LogP contribution is -2.70. The number of oxazole rings is 1. The molecule has 2 fully saturated rings. The summed E-state index contributed by atoms with van der Waals surface area (Å²) in [6.07, 6.45) is 6.41. The normalized spacial score (nSPS) is 34.2. The summed E-state index contributed by atoms with van der Waals surface area (Å²) >= 11 is 0. The Hall–Kier alpha value is -3.73. The van der Waals surface area contributed by atoms with Gasteiger partial charge in [0.25, 0.3) is 0 Å². The molecule has 1 saturated heterocycles. The van der Waals surface area contributed by atoms with E-state index in [1.807, 2.05) is 0 Å². The summed E-state index contributed by atoms with van der Waals surface area (Å²) in [5.41, 5.74) is 4.99. The molecular formula is C24H24N2O9. The van der Waals surface area contributed by atoms with Crippen LogP contribution in [0.4, 0.5) is 0 Å². The fourth-order valence-corrected chi connectivity index (χ4v) is 6.01. The number of nitrogens with zero attached hydrogens (tertiary/aromatic N) is 1. The minimum atomic E-state index is -1.36. The number of nitrogens with two attached hydrogens (primary N) is 1. The van der Waals surface area contributed by atoms with Crippen LogP contribution in [0.5, 0.6) is 0 Å². The Morgan fingerprint density at radius 3 is 2.69 bits per heavy atom. The molecule has 0 unspecified atom stereocenters. The maximum absolute atomic E-state index is 13.9. The van der Waals surface area contributed by atoms with E-state index in [2.05, 4.69) is 4.98 Å². The number of cyclic esters (lactones) is 1. The van der Waals surface area contributed by atoms with E-state index in [-0.39, 0.29) is 24.3 Å². The highest BCUT2D eigenvalue weighted by atomic mass is 16.6. The first kappa shape index (κ1) is 23.0. The van der Waals surface area contributed by atoms with Gasteiger partial charge >= 0.3 is 17.9 Å². The number of carbonyl (C=O) groups is 4. The summed E-state index contributed by atoms with van der Waals surface area (Å²) in [6.45, 7) is 1.80. The predicted molar refractivity (Wildman–Crippen MR) is 114 cm³/mol. The number of hydrogen-bond donors (Lipinski definition) is 1. The van der Waals surface area contributed by atoms with Crippen molar-refractivity contribution in [2.24, 2.45) is 28.9 Å². The molecule has 184 valence electrons. The number of fused-ring (bicyclic) bond motifs is 3. The molecule has 1 saturated carbocycles. The largest absolute Gasteiger partial charge is 0.472 e. The summed E-state index contributed by atoms with van der Waals surface area (Å²) in [5, 5.41) is 0. The molecule has 35 heavy (non-hydrogen) atoms. The maximum atomic E-state index is 13.9. The molecule has 6 atom stereocenters. The van der Waals surface area contributed by atoms with Crippen LogP contribution in [0.2, 0.25) is 0 Å². The van der Waals surface area contributed by atoms with Crippen LogP contribution in [0, 0.1) is 23.2 Å². The molecule has 2 N–H and O–H groups in total. The fourth-order valence-electron chi connectivity index (χ4n) is 6.01. The molecule has 0 radical (unpaired) electrons. The average molecular weight is 484 g/mol. The lowest BCUT2D eigenvalue weighted by molar-refractivity contribution is -0.190. The van der Waals surface area contributed by atoms with Gasteiger partial charge in [0.2, 0.25) is 5.78 Å². The fraction of sp³-hybridized carbons (Fsp3) is 0.458. The maximum Gasteiger partial charge on any atom is 0.365 e. The zero-order valence-corrected chi connectivity index (χ0v) is 19.1. The Labute approximate surface area is 199 Å². The molecule has 11 nitrogen and oxygen atoms in total. The molecule has 2 aromatic rings. The van der Waals surface area contributed by atoms with Gasteiger partial charge in [-0.1, -0.05) is 6.92 Å². The number of ether oxygens (including phenoxy) is 3. The van der Waals surface area contributed by atoms with Crippen LogP contribution in [-0.4, -0.2) is 41.3 Å². The number of Topliss-reactive ketones (excluding diaryl/α,β-unsaturated/α-hetero) is 1. The molecule has 2 aliphatic carbocycles. The van der Waals surface area contributed by atoms with Crippen LogP contribution in [0.3, 0.4) is 0 Å². The van der Waals surface area contributed by atoms with E-state index in [0.717, 1.165) is 12.7 Å². The molecule has 0 spiro atoms. The lowest BCUT2D eigenvalue weighted by Gasteiger charge is -2.59. The van der Waals surface area contributed by atoms with Gasteiger partial charge in [-0.25, -0.2) is 9.78 Å². The number of rotatable bonds is 4. The topological polar surface area (TPSA) is 161 Å². The van der Waals surface area contributed by atoms with Crippen molar-refractivity contribution in [1.29, 1.82) is 0 Å². The first-order chi connectivity index (χ1) is 16.7. The number of furan rings is 1. The van der Waals surface area contributed by atoms with Gasteiger partial charge in [-0.3, -0.25) is 14.4 Å². The lowest BCUT2D eigenvalue weighted by atomic mass is 9.47. The van der Waals surface area contributed by atoms with Crippen LogP contribution in [-0.2, 0) is 28.6 Å². The second-order valence-electron chi connectivity index (χ2n) is 9.49. The van der Waals surface area contributed by atoms with E-state index in [0.29, 0.717) is 12.0 Å². The number of methoxy groups -OCH3 is 1. The van der Waals surface area contributed by atoms with Crippen LogP contribution in [0.1, 0.15) is 48.3 Å². The van der Waals surface area contributed by atoms with Gasteiger partial charge in [0.15, 0.2) is 17.8 Å². The highest BCUT2D eigenvalue weighted by molar-refractivity contribution is 6.03. The van der Waals surface area contributed by atoms with Crippen LogP contribution in [0.15, 0.2) is 51.9 Å². The minimum Gasteiger partial charge on any atom is -0.472 e. The summed E-state index contributed by atoms with van der Waals surface area (Å²) in [6, 6.07) is 1.69. The van der Waals surface area contributed by atoms with Gasteiger partial charge < -0.3 is 28.8 Å². The Bertz CT molecular complexity index is 1200. The van der Waals surface area contributed by atoms with Crippen molar-refractivity contribution < 1.29 is 42.2 Å². The molecular weight excluding hydrogens is 460 g/mol. The molecule has 0 aromatic carbocycles. The summed E-state index contributed by atoms with van der Waals surface area (Å²) in [4.78, 5) is 56.1. The van der Waals surface area contributed by atoms with Crippen molar-refractivity contribution in [3.05, 3.63) is 54.3 Å². The Balaban J connectivity index is 1.58. The standard InChI is InChI=1S/C24H24N2O9/c1-23-8-17(12-4-6-32-9-12)35-21(29)13(23)3-5-24(25)14(20(28)31-2)7-16(18(27)19(23)24)34-22(30)15-10-33-11-26-15/h4,6-7,9-11,13-14,17,19H,3,5,8,25H2,1-2H3/t13-,14-,17-,19+,23-,24+/m0/s1. The number of ketones is 1. The molecule has 0 amide bonds. The highest BCUT2D eigenvalue weighted by Gasteiger charge is 2.67. The van der Waals surface area contributed by atoms with Gasteiger partial charge in [-0.15, -0.1) is 0 Å². The molecule has 2 aromatic heterocycles. The van der Waals surface area contributed by atoms with Gasteiger partial charge in [-0.05, 0) is 36.8 Å². The van der Waals surface area contributed by atoms with Crippen LogP contribution < -0.4 is 5.73 Å². The van der Waals surface area contributed by atoms with Crippen molar-refractivity contribution in [3.63, 3.8) is 0 Å². The van der Waals surface area contributed by atoms with Gasteiger partial charge in [0, 0.05) is 11.1 Å². The quantitative estimate of drug-likeness (QED) is 0.500. The number of esters is 3. The van der Waals surface area contributed by atoms with Gasteiger partial charge in [0.05, 0.1) is 37.4 Å². The number of allylic oxidation sites excluding steroid dienone is 1. The highest BCUT2D eigenvalue weighted by Crippen LogP contribution is 2.60. The summed E-state index contributed by atoms with van der Waals surface area (Å²) in [5.74, 6) is -5.73. The second-order valence-corrected chi connectivity index (χ2v) is 9.49. The van der Waals surface area contributed by atoms with Gasteiger partial charge in [-0.2, -0.15) is 0 Å². The van der Waals surface area contributed by atoms with E-state index in [4.69, 9.17) is 28.8 Å². The number of aromatic nitrogens is 1. The molecule has 0 bridgehead atoms. The first-order valence-electron chi connectivity index (χ1n) is 11.1. The Morgan fingerprint density at radius 2 is 2.03 bits per heavy atom. The molecule has 3 aliphatic rings. The van der Waals surface area contributed by atoms with E-state index < -0.39 is 58.5 Å². The van der Waals surface area contributed by atoms with Crippen LogP contribution in [0.25, 0.3) is 0 Å². The van der Waals surface area contributed by atoms with Gasteiger partial charge in [0.1, 0.15) is 12.4 Å². The van der Waals surface area contributed by atoms with E-state index in [9.17, 15) is 19.2 Å². The predicted octanol–water partition coefficient (Wildman–Crippen LogP) is 2.10. The summed E-state index contributed by atoms with van der Waals surface area (Å²) < 4.78 is 26.0. The number of carbonyl (C=O) groups excluding carboxylic acids is 4. The monoisotopic (exact) mass is 484 g/mol. The third-order valence-electron chi connectivity index (χ3n) is 7.64. The summed E-state index contributed by atoms with van der Waals surface area (Å²) in [7, 11) is 1.21. The molecule has 5 rings (SSSR count). The molecule has 11 heteroatoms. The third kappa shape index (κ3) is 3.49. The zero-order valence-electron chi connectivity index (χ0n) is 19.1. The van der Waals surface area contributed by atoms with Crippen molar-refractivity contribution in [2.75, 3.05) is 7.11 Å². The first-order valence-corrected chi connectivity index (χ1v) is 11.1. The Kier molecular flexibility index (Phi) is 5.39. The van der Waals surface area contributed by atoms with E-state index in [1.54, 1.807) is 13.0 Å². The second kappa shape index (κ2) is 8.19. The van der Waals surface area contributed by atoms with E-state index in [1.165, 1.54) is 25.7 Å². The zero-order chi connectivity index (χ0) is 25.0. The minimum absolute atomic E-state index is 0.146.